The van der Waals surface area contributed by atoms with E-state index in [1.54, 1.807) is 0 Å². The van der Waals surface area contributed by atoms with Crippen molar-refractivity contribution in [3.63, 3.8) is 0 Å². The standard InChI is InChI=1S/C16H24N2O/c1-11-2-4-12(5-3-11)16(10-17)18-13-6-7-14(18)9-15(19)8-13/h2-5,13-16,19H,6-10,17H2,1H3. The predicted molar refractivity (Wildman–Crippen MR) is 76.9 cm³/mol. The van der Waals surface area contributed by atoms with E-state index >= 15 is 0 Å². The lowest BCUT2D eigenvalue weighted by atomic mass is 9.94. The zero-order valence-electron chi connectivity index (χ0n) is 11.6. The molecule has 3 atom stereocenters. The third kappa shape index (κ3) is 2.42. The summed E-state index contributed by atoms with van der Waals surface area (Å²) in [5.41, 5.74) is 8.67. The van der Waals surface area contributed by atoms with Crippen molar-refractivity contribution in [1.29, 1.82) is 0 Å². The van der Waals surface area contributed by atoms with Crippen LogP contribution >= 0.6 is 0 Å². The number of benzene rings is 1. The molecule has 2 saturated heterocycles. The van der Waals surface area contributed by atoms with Gasteiger partial charge in [-0.2, -0.15) is 0 Å². The van der Waals surface area contributed by atoms with Gasteiger partial charge in [0.05, 0.1) is 6.10 Å². The Morgan fingerprint density at radius 1 is 1.21 bits per heavy atom. The zero-order valence-corrected chi connectivity index (χ0v) is 11.6. The summed E-state index contributed by atoms with van der Waals surface area (Å²) in [6, 6.07) is 10.1. The normalized spacial score (nSPS) is 32.5. The number of nitrogens with zero attached hydrogens (tertiary/aromatic N) is 1. The highest BCUT2D eigenvalue weighted by Gasteiger charge is 2.43. The van der Waals surface area contributed by atoms with E-state index in [1.165, 1.54) is 24.0 Å². The average Bonchev–Trinajstić information content (AvgIpc) is 2.66. The Hall–Kier alpha value is -0.900. The van der Waals surface area contributed by atoms with Crippen molar-refractivity contribution in [1.82, 2.24) is 4.90 Å². The fourth-order valence-corrected chi connectivity index (χ4v) is 3.91. The molecule has 2 aliphatic heterocycles. The van der Waals surface area contributed by atoms with Crippen LogP contribution in [0.4, 0.5) is 0 Å². The van der Waals surface area contributed by atoms with Crippen molar-refractivity contribution in [2.45, 2.75) is 56.8 Å². The maximum Gasteiger partial charge on any atom is 0.0570 e. The summed E-state index contributed by atoms with van der Waals surface area (Å²) in [6.07, 6.45) is 4.15. The van der Waals surface area contributed by atoms with Gasteiger partial charge in [-0.25, -0.2) is 0 Å². The number of hydrogen-bond donors (Lipinski definition) is 2. The van der Waals surface area contributed by atoms with Crippen LogP contribution in [-0.4, -0.2) is 34.7 Å². The number of aliphatic hydroxyl groups excluding tert-OH is 1. The highest BCUT2D eigenvalue weighted by atomic mass is 16.3. The Bertz CT molecular complexity index is 417. The second-order valence-electron chi connectivity index (χ2n) is 6.12. The fourth-order valence-electron chi connectivity index (χ4n) is 3.91. The summed E-state index contributed by atoms with van der Waals surface area (Å²) in [6.45, 7) is 2.77. The Morgan fingerprint density at radius 3 is 2.32 bits per heavy atom. The summed E-state index contributed by atoms with van der Waals surface area (Å²) in [7, 11) is 0. The van der Waals surface area contributed by atoms with Gasteiger partial charge in [0.2, 0.25) is 0 Å². The van der Waals surface area contributed by atoms with E-state index in [9.17, 15) is 5.11 Å². The molecule has 1 aromatic rings. The molecule has 0 spiro atoms. The molecule has 3 rings (SSSR count). The van der Waals surface area contributed by atoms with Crippen LogP contribution in [0.15, 0.2) is 24.3 Å². The number of piperidine rings is 1. The number of hydrogen-bond acceptors (Lipinski definition) is 3. The molecular formula is C16H24N2O. The van der Waals surface area contributed by atoms with Crippen molar-refractivity contribution in [2.75, 3.05) is 6.54 Å². The highest BCUT2D eigenvalue weighted by Crippen LogP contribution is 2.41. The Morgan fingerprint density at radius 2 is 1.79 bits per heavy atom. The monoisotopic (exact) mass is 260 g/mol. The van der Waals surface area contributed by atoms with Crippen molar-refractivity contribution in [3.8, 4) is 0 Å². The second kappa shape index (κ2) is 5.23. The first kappa shape index (κ1) is 13.1. The number of fused-ring (bicyclic) bond motifs is 2. The average molecular weight is 260 g/mol. The van der Waals surface area contributed by atoms with E-state index < -0.39 is 0 Å². The topological polar surface area (TPSA) is 49.5 Å². The molecule has 2 heterocycles. The largest absolute Gasteiger partial charge is 0.393 e. The summed E-state index contributed by atoms with van der Waals surface area (Å²) in [5.74, 6) is 0. The minimum atomic E-state index is -0.106. The van der Waals surface area contributed by atoms with Crippen LogP contribution in [-0.2, 0) is 0 Å². The minimum absolute atomic E-state index is 0.106. The van der Waals surface area contributed by atoms with E-state index in [4.69, 9.17) is 5.73 Å². The molecule has 3 heteroatoms. The SMILES string of the molecule is Cc1ccc(C(CN)N2C3CCC2CC(O)C3)cc1. The van der Waals surface area contributed by atoms with Gasteiger partial charge in [-0.05, 0) is 38.2 Å². The van der Waals surface area contributed by atoms with Gasteiger partial charge in [-0.3, -0.25) is 4.90 Å². The molecule has 3 N–H and O–H groups in total. The smallest absolute Gasteiger partial charge is 0.0570 e. The van der Waals surface area contributed by atoms with Crippen LogP contribution in [0.5, 0.6) is 0 Å². The van der Waals surface area contributed by atoms with Gasteiger partial charge in [-0.1, -0.05) is 29.8 Å². The molecular weight excluding hydrogens is 236 g/mol. The van der Waals surface area contributed by atoms with Crippen molar-refractivity contribution in [2.24, 2.45) is 5.73 Å². The van der Waals surface area contributed by atoms with Gasteiger partial charge in [0, 0.05) is 24.7 Å². The van der Waals surface area contributed by atoms with Crippen molar-refractivity contribution >= 4 is 0 Å². The molecule has 2 bridgehead atoms. The first-order chi connectivity index (χ1) is 9.19. The Balaban J connectivity index is 1.85. The predicted octanol–water partition coefficient (Wildman–Crippen LogP) is 1.98. The summed E-state index contributed by atoms with van der Waals surface area (Å²) < 4.78 is 0. The summed E-state index contributed by atoms with van der Waals surface area (Å²) in [5, 5.41) is 9.91. The van der Waals surface area contributed by atoms with E-state index in [1.807, 2.05) is 0 Å². The van der Waals surface area contributed by atoms with Gasteiger partial charge >= 0.3 is 0 Å². The van der Waals surface area contributed by atoms with E-state index in [2.05, 4.69) is 36.1 Å². The van der Waals surface area contributed by atoms with Gasteiger partial charge in [0.25, 0.3) is 0 Å². The molecule has 0 radical (unpaired) electrons. The van der Waals surface area contributed by atoms with E-state index in [0.29, 0.717) is 24.7 Å². The van der Waals surface area contributed by atoms with Crippen LogP contribution in [0.3, 0.4) is 0 Å². The maximum absolute atomic E-state index is 9.91. The fraction of sp³-hybridized carbons (Fsp3) is 0.625. The van der Waals surface area contributed by atoms with Gasteiger partial charge in [0.1, 0.15) is 0 Å². The van der Waals surface area contributed by atoms with Gasteiger partial charge in [0.15, 0.2) is 0 Å². The number of aliphatic hydroxyl groups is 1. The third-order valence-corrected chi connectivity index (χ3v) is 4.81. The van der Waals surface area contributed by atoms with Crippen molar-refractivity contribution in [3.05, 3.63) is 35.4 Å². The van der Waals surface area contributed by atoms with Crippen LogP contribution in [0.1, 0.15) is 42.9 Å². The minimum Gasteiger partial charge on any atom is -0.393 e. The van der Waals surface area contributed by atoms with Crippen LogP contribution in [0, 0.1) is 6.92 Å². The Kier molecular flexibility index (Phi) is 3.61. The molecule has 1 aromatic carbocycles. The molecule has 2 aliphatic rings. The lowest BCUT2D eigenvalue weighted by Gasteiger charge is -2.42. The molecule has 19 heavy (non-hydrogen) atoms. The quantitative estimate of drug-likeness (QED) is 0.873. The first-order valence-electron chi connectivity index (χ1n) is 7.41. The zero-order chi connectivity index (χ0) is 13.4. The molecule has 0 aliphatic carbocycles. The maximum atomic E-state index is 9.91. The lowest BCUT2D eigenvalue weighted by molar-refractivity contribution is 0.0115. The highest BCUT2D eigenvalue weighted by molar-refractivity contribution is 5.25. The molecule has 3 nitrogen and oxygen atoms in total. The second-order valence-corrected chi connectivity index (χ2v) is 6.12. The van der Waals surface area contributed by atoms with E-state index in [0.717, 1.165) is 12.8 Å². The third-order valence-electron chi connectivity index (χ3n) is 4.81. The molecule has 104 valence electrons. The van der Waals surface area contributed by atoms with Crippen LogP contribution in [0.2, 0.25) is 0 Å². The molecule has 3 unspecified atom stereocenters. The molecule has 0 saturated carbocycles. The summed E-state index contributed by atoms with van der Waals surface area (Å²) in [4.78, 5) is 2.58. The number of nitrogens with two attached hydrogens (primary N) is 1. The Labute approximate surface area is 115 Å². The van der Waals surface area contributed by atoms with Gasteiger partial charge in [-0.15, -0.1) is 0 Å². The molecule has 0 amide bonds. The number of rotatable bonds is 3. The van der Waals surface area contributed by atoms with E-state index in [-0.39, 0.29) is 6.10 Å². The van der Waals surface area contributed by atoms with Crippen LogP contribution in [0.25, 0.3) is 0 Å². The number of aryl methyl sites for hydroxylation is 1. The van der Waals surface area contributed by atoms with Gasteiger partial charge < -0.3 is 10.8 Å². The molecule has 2 fully saturated rings. The lowest BCUT2D eigenvalue weighted by Crippen LogP contribution is -2.48. The first-order valence-corrected chi connectivity index (χ1v) is 7.41. The van der Waals surface area contributed by atoms with Crippen molar-refractivity contribution < 1.29 is 5.11 Å². The molecule has 0 aromatic heterocycles. The summed E-state index contributed by atoms with van der Waals surface area (Å²) >= 11 is 0. The van der Waals surface area contributed by atoms with Crippen LogP contribution < -0.4 is 5.73 Å².